The smallest absolute Gasteiger partial charge is 0.143 e. The van der Waals surface area contributed by atoms with E-state index in [9.17, 15) is 0 Å². The highest BCUT2D eigenvalue weighted by Crippen LogP contribution is 2.14. The molecule has 0 saturated carbocycles. The Morgan fingerprint density at radius 1 is 1.89 bits per heavy atom. The van der Waals surface area contributed by atoms with E-state index in [4.69, 9.17) is 11.6 Å². The average Bonchev–Trinajstić information content (AvgIpc) is 2.17. The summed E-state index contributed by atoms with van der Waals surface area (Å²) in [6.45, 7) is 3.60. The van der Waals surface area contributed by atoms with Crippen molar-refractivity contribution in [3.8, 4) is 0 Å². The summed E-state index contributed by atoms with van der Waals surface area (Å²) in [6.07, 6.45) is 2.70. The maximum absolute atomic E-state index is 5.56. The third kappa shape index (κ3) is 1.80. The molecule has 48 valence electrons. The quantitative estimate of drug-likeness (QED) is 0.605. The number of halogens is 1. The molecular weight excluding hydrogens is 154 g/mol. The van der Waals surface area contributed by atoms with Crippen molar-refractivity contribution >= 4 is 23.1 Å². The van der Waals surface area contributed by atoms with Gasteiger partial charge >= 0.3 is 0 Å². The summed E-state index contributed by atoms with van der Waals surface area (Å²) >= 11 is 6.98. The van der Waals surface area contributed by atoms with Crippen LogP contribution in [0.3, 0.4) is 0 Å². The van der Waals surface area contributed by atoms with Crippen LogP contribution in [0.4, 0.5) is 0 Å². The Kier molecular flexibility index (Phi) is 2.25. The van der Waals surface area contributed by atoms with Crippen LogP contribution < -0.4 is 0 Å². The van der Waals surface area contributed by atoms with Crippen molar-refractivity contribution in [2.45, 2.75) is 6.42 Å². The molecule has 0 aromatic carbocycles. The maximum Gasteiger partial charge on any atom is 0.143 e. The van der Waals surface area contributed by atoms with Gasteiger partial charge in [-0.15, -0.1) is 6.58 Å². The molecule has 0 N–H and O–H groups in total. The van der Waals surface area contributed by atoms with Crippen LogP contribution >= 0.6 is 23.1 Å². The van der Waals surface area contributed by atoms with Gasteiger partial charge in [-0.3, -0.25) is 0 Å². The van der Waals surface area contributed by atoms with Gasteiger partial charge in [0, 0.05) is 11.3 Å². The lowest BCUT2D eigenvalue weighted by atomic mass is 10.4. The molecule has 1 aromatic rings. The van der Waals surface area contributed by atoms with E-state index in [-0.39, 0.29) is 0 Å². The van der Waals surface area contributed by atoms with E-state index < -0.39 is 0 Å². The first-order valence-corrected chi connectivity index (χ1v) is 3.70. The highest BCUT2D eigenvalue weighted by Gasteiger charge is 1.94. The fourth-order valence-electron chi connectivity index (χ4n) is 0.526. The molecule has 1 aromatic heterocycles. The molecule has 0 amide bonds. The largest absolute Gasteiger partial charge is 0.181 e. The lowest BCUT2D eigenvalue weighted by molar-refractivity contribution is 1.35. The van der Waals surface area contributed by atoms with Gasteiger partial charge in [0.15, 0.2) is 0 Å². The van der Waals surface area contributed by atoms with Gasteiger partial charge < -0.3 is 0 Å². The molecule has 0 aliphatic carbocycles. The van der Waals surface area contributed by atoms with Gasteiger partial charge in [0.2, 0.25) is 0 Å². The Bertz CT molecular complexity index is 207. The number of rotatable bonds is 2. The molecule has 1 nitrogen and oxygen atoms in total. The van der Waals surface area contributed by atoms with Crippen molar-refractivity contribution in [1.82, 2.24) is 4.37 Å². The minimum Gasteiger partial charge on any atom is -0.181 e. The van der Waals surface area contributed by atoms with E-state index in [0.29, 0.717) is 5.15 Å². The van der Waals surface area contributed by atoms with Crippen LogP contribution in [0, 0.1) is 0 Å². The van der Waals surface area contributed by atoms with Gasteiger partial charge in [0.1, 0.15) is 5.15 Å². The van der Waals surface area contributed by atoms with Gasteiger partial charge in [-0.2, -0.15) is 4.37 Å². The highest BCUT2D eigenvalue weighted by atomic mass is 35.5. The van der Waals surface area contributed by atoms with Crippen LogP contribution in [0.15, 0.2) is 18.7 Å². The lowest BCUT2D eigenvalue weighted by Gasteiger charge is -1.79. The summed E-state index contributed by atoms with van der Waals surface area (Å²) < 4.78 is 3.89. The molecule has 0 saturated heterocycles. The van der Waals surface area contributed by atoms with E-state index in [1.54, 1.807) is 0 Å². The van der Waals surface area contributed by atoms with Crippen molar-refractivity contribution in [1.29, 1.82) is 0 Å². The van der Waals surface area contributed by atoms with Crippen LogP contribution in [-0.4, -0.2) is 4.37 Å². The molecule has 1 heterocycles. The van der Waals surface area contributed by atoms with Crippen LogP contribution in [0.2, 0.25) is 5.15 Å². The second kappa shape index (κ2) is 2.99. The lowest BCUT2D eigenvalue weighted by Crippen LogP contribution is -1.67. The molecular formula is C6H6ClNS. The van der Waals surface area contributed by atoms with Crippen molar-refractivity contribution in [2.24, 2.45) is 0 Å². The summed E-state index contributed by atoms with van der Waals surface area (Å²) in [4.78, 5) is 1.16. The molecule has 0 aliphatic heterocycles. The van der Waals surface area contributed by atoms with Gasteiger partial charge in [-0.05, 0) is 17.6 Å². The molecule has 3 heteroatoms. The standard InChI is InChI=1S/C6H6ClNS/c1-2-3-5-4-6(7)8-9-5/h2,4H,1,3H2. The van der Waals surface area contributed by atoms with Gasteiger partial charge in [0.05, 0.1) is 0 Å². The highest BCUT2D eigenvalue weighted by molar-refractivity contribution is 7.06. The zero-order chi connectivity index (χ0) is 6.69. The first-order chi connectivity index (χ1) is 4.33. The second-order valence-corrected chi connectivity index (χ2v) is 2.89. The molecule has 9 heavy (non-hydrogen) atoms. The van der Waals surface area contributed by atoms with Gasteiger partial charge in [-0.25, -0.2) is 0 Å². The Morgan fingerprint density at radius 3 is 3.11 bits per heavy atom. The van der Waals surface area contributed by atoms with Crippen molar-refractivity contribution in [3.63, 3.8) is 0 Å². The number of hydrogen-bond donors (Lipinski definition) is 0. The van der Waals surface area contributed by atoms with Crippen LogP contribution in [-0.2, 0) is 6.42 Å². The summed E-state index contributed by atoms with van der Waals surface area (Å²) in [7, 11) is 0. The minimum absolute atomic E-state index is 0.580. The summed E-state index contributed by atoms with van der Waals surface area (Å²) in [5.41, 5.74) is 0. The molecule has 0 bridgehead atoms. The molecule has 1 rings (SSSR count). The first-order valence-electron chi connectivity index (χ1n) is 2.55. The third-order valence-electron chi connectivity index (χ3n) is 0.876. The van der Waals surface area contributed by atoms with Gasteiger partial charge in [0.25, 0.3) is 0 Å². The van der Waals surface area contributed by atoms with E-state index in [1.165, 1.54) is 11.5 Å². The first kappa shape index (κ1) is 6.78. The SMILES string of the molecule is C=CCc1cc(Cl)ns1. The number of aromatic nitrogens is 1. The summed E-state index contributed by atoms with van der Waals surface area (Å²) in [6, 6.07) is 1.86. The molecule has 0 atom stereocenters. The van der Waals surface area contributed by atoms with Crippen LogP contribution in [0.25, 0.3) is 0 Å². The number of allylic oxidation sites excluding steroid dienone is 1. The monoisotopic (exact) mass is 159 g/mol. The molecule has 0 unspecified atom stereocenters. The normalized spacial score (nSPS) is 9.44. The minimum atomic E-state index is 0.580. The average molecular weight is 160 g/mol. The van der Waals surface area contributed by atoms with E-state index in [1.807, 2.05) is 12.1 Å². The predicted molar refractivity (Wildman–Crippen MR) is 41.0 cm³/mol. The van der Waals surface area contributed by atoms with Crippen LogP contribution in [0.1, 0.15) is 4.88 Å². The second-order valence-electron chi connectivity index (χ2n) is 1.61. The summed E-state index contributed by atoms with van der Waals surface area (Å²) in [5, 5.41) is 0.580. The topological polar surface area (TPSA) is 12.9 Å². The Morgan fingerprint density at radius 2 is 2.67 bits per heavy atom. The molecule has 0 radical (unpaired) electrons. The molecule has 0 spiro atoms. The van der Waals surface area contributed by atoms with Crippen molar-refractivity contribution in [2.75, 3.05) is 0 Å². The predicted octanol–water partition coefficient (Wildman–Crippen LogP) is 2.53. The van der Waals surface area contributed by atoms with Crippen molar-refractivity contribution in [3.05, 3.63) is 28.8 Å². The van der Waals surface area contributed by atoms with E-state index in [0.717, 1.165) is 11.3 Å². The third-order valence-corrected chi connectivity index (χ3v) is 1.98. The zero-order valence-corrected chi connectivity index (χ0v) is 6.37. The fraction of sp³-hybridized carbons (Fsp3) is 0.167. The molecule has 0 aliphatic rings. The van der Waals surface area contributed by atoms with E-state index >= 15 is 0 Å². The number of hydrogen-bond acceptors (Lipinski definition) is 2. The maximum atomic E-state index is 5.56. The number of nitrogens with zero attached hydrogens (tertiary/aromatic N) is 1. The Labute approximate surface area is 63.1 Å². The van der Waals surface area contributed by atoms with Crippen molar-refractivity contribution < 1.29 is 0 Å². The van der Waals surface area contributed by atoms with Crippen LogP contribution in [0.5, 0.6) is 0 Å². The van der Waals surface area contributed by atoms with Gasteiger partial charge in [-0.1, -0.05) is 17.7 Å². The Hall–Kier alpha value is -0.340. The fourth-order valence-corrected chi connectivity index (χ4v) is 1.44. The Balaban J connectivity index is 2.72. The molecule has 0 fully saturated rings. The summed E-state index contributed by atoms with van der Waals surface area (Å²) in [5.74, 6) is 0. The zero-order valence-electron chi connectivity index (χ0n) is 4.80. The van der Waals surface area contributed by atoms with E-state index in [2.05, 4.69) is 11.0 Å².